The van der Waals surface area contributed by atoms with E-state index in [0.29, 0.717) is 23.7 Å². The molecule has 7 nitrogen and oxygen atoms in total. The molecule has 1 aliphatic heterocycles. The first-order chi connectivity index (χ1) is 17.7. The fourth-order valence-corrected chi connectivity index (χ4v) is 4.61. The van der Waals surface area contributed by atoms with Crippen LogP contribution in [0.15, 0.2) is 72.3 Å². The molecule has 1 amide bonds. The van der Waals surface area contributed by atoms with Crippen molar-refractivity contribution in [2.24, 2.45) is 0 Å². The SMILES string of the molecule is CCOc1cccc(CN2C(=O)C(=O)/C(=C(/O)c3cc(OC)ccc3Cl)C2c2ccc(N(C)C)cc2)c1. The highest BCUT2D eigenvalue weighted by molar-refractivity contribution is 6.47. The van der Waals surface area contributed by atoms with Gasteiger partial charge in [0.25, 0.3) is 11.7 Å². The molecule has 0 spiro atoms. The molecule has 1 atom stereocenters. The summed E-state index contributed by atoms with van der Waals surface area (Å²) >= 11 is 6.39. The second-order valence-electron chi connectivity index (χ2n) is 8.84. The Bertz CT molecular complexity index is 1350. The number of aliphatic hydroxyl groups is 1. The number of ether oxygens (including phenoxy) is 2. The van der Waals surface area contributed by atoms with Gasteiger partial charge in [-0.1, -0.05) is 35.9 Å². The van der Waals surface area contributed by atoms with Crippen molar-refractivity contribution in [3.63, 3.8) is 0 Å². The molecule has 192 valence electrons. The fraction of sp³-hybridized carbons (Fsp3) is 0.241. The van der Waals surface area contributed by atoms with E-state index in [-0.39, 0.29) is 28.5 Å². The zero-order valence-electron chi connectivity index (χ0n) is 21.2. The van der Waals surface area contributed by atoms with E-state index >= 15 is 0 Å². The van der Waals surface area contributed by atoms with Crippen LogP contribution < -0.4 is 14.4 Å². The Morgan fingerprint density at radius 1 is 1.03 bits per heavy atom. The van der Waals surface area contributed by atoms with Crippen LogP contribution in [0.25, 0.3) is 5.76 Å². The summed E-state index contributed by atoms with van der Waals surface area (Å²) in [7, 11) is 5.35. The number of nitrogens with zero attached hydrogens (tertiary/aromatic N) is 2. The van der Waals surface area contributed by atoms with E-state index in [1.165, 1.54) is 12.0 Å². The van der Waals surface area contributed by atoms with Crippen molar-refractivity contribution in [1.29, 1.82) is 0 Å². The third kappa shape index (κ3) is 5.27. The minimum absolute atomic E-state index is 0.0290. The number of likely N-dealkylation sites (tertiary alicyclic amines) is 1. The number of halogens is 1. The number of methoxy groups -OCH3 is 1. The lowest BCUT2D eigenvalue weighted by Crippen LogP contribution is -2.29. The van der Waals surface area contributed by atoms with Crippen LogP contribution in [0.1, 0.15) is 29.7 Å². The van der Waals surface area contributed by atoms with Gasteiger partial charge in [0.2, 0.25) is 0 Å². The first-order valence-corrected chi connectivity index (χ1v) is 12.2. The van der Waals surface area contributed by atoms with E-state index in [0.717, 1.165) is 11.3 Å². The summed E-state index contributed by atoms with van der Waals surface area (Å²) in [4.78, 5) is 30.2. The Balaban J connectivity index is 1.86. The zero-order valence-corrected chi connectivity index (χ0v) is 22.0. The number of carbonyl (C=O) groups is 2. The van der Waals surface area contributed by atoms with E-state index in [2.05, 4.69) is 0 Å². The molecule has 0 radical (unpaired) electrons. The normalized spacial score (nSPS) is 16.7. The van der Waals surface area contributed by atoms with E-state index in [4.69, 9.17) is 21.1 Å². The Morgan fingerprint density at radius 3 is 2.41 bits per heavy atom. The van der Waals surface area contributed by atoms with Gasteiger partial charge < -0.3 is 24.4 Å². The lowest BCUT2D eigenvalue weighted by Gasteiger charge is -2.26. The number of aliphatic hydroxyl groups excluding tert-OH is 1. The number of amides is 1. The third-order valence-corrected chi connectivity index (χ3v) is 6.59. The van der Waals surface area contributed by atoms with E-state index in [1.807, 2.05) is 74.4 Å². The van der Waals surface area contributed by atoms with Crippen molar-refractivity contribution in [2.45, 2.75) is 19.5 Å². The molecule has 0 aromatic heterocycles. The van der Waals surface area contributed by atoms with Gasteiger partial charge in [0, 0.05) is 31.9 Å². The number of Topliss-reactive ketones (excluding diaryl/α,β-unsaturated/α-hetero) is 1. The molecular weight excluding hydrogens is 492 g/mol. The molecule has 8 heteroatoms. The fourth-order valence-electron chi connectivity index (χ4n) is 4.40. The third-order valence-electron chi connectivity index (χ3n) is 6.26. The molecule has 3 aromatic carbocycles. The van der Waals surface area contributed by atoms with Gasteiger partial charge in [0.1, 0.15) is 17.3 Å². The quantitative estimate of drug-likeness (QED) is 0.242. The number of rotatable bonds is 8. The summed E-state index contributed by atoms with van der Waals surface area (Å²) in [5.74, 6) is -0.705. The molecular formula is C29H29ClN2O5. The summed E-state index contributed by atoms with van der Waals surface area (Å²) in [5, 5.41) is 11.6. The molecule has 3 aromatic rings. The highest BCUT2D eigenvalue weighted by atomic mass is 35.5. The number of hydrogen-bond acceptors (Lipinski definition) is 6. The van der Waals surface area contributed by atoms with Gasteiger partial charge >= 0.3 is 0 Å². The van der Waals surface area contributed by atoms with Crippen LogP contribution in [-0.2, 0) is 16.1 Å². The Morgan fingerprint density at radius 2 is 1.76 bits per heavy atom. The van der Waals surface area contributed by atoms with E-state index in [9.17, 15) is 14.7 Å². The van der Waals surface area contributed by atoms with Crippen LogP contribution in [-0.4, -0.2) is 49.5 Å². The maximum Gasteiger partial charge on any atom is 0.295 e. The predicted octanol–water partition coefficient (Wildman–Crippen LogP) is 5.44. The van der Waals surface area contributed by atoms with Crippen molar-refractivity contribution in [3.8, 4) is 11.5 Å². The summed E-state index contributed by atoms with van der Waals surface area (Å²) in [6, 6.07) is 18.9. The summed E-state index contributed by atoms with van der Waals surface area (Å²) in [6.45, 7) is 2.55. The van der Waals surface area contributed by atoms with E-state index in [1.54, 1.807) is 18.2 Å². The molecule has 4 rings (SSSR count). The highest BCUT2D eigenvalue weighted by Gasteiger charge is 2.46. The first kappa shape index (κ1) is 26.1. The summed E-state index contributed by atoms with van der Waals surface area (Å²) in [5.41, 5.74) is 2.63. The standard InChI is InChI=1S/C29H29ClN2O5/c1-5-37-22-8-6-7-18(15-22)17-32-26(19-9-11-20(12-10-19)31(2)3)25(28(34)29(32)35)27(33)23-16-21(36-4)13-14-24(23)30/h6-16,26,33H,5,17H2,1-4H3/b27-25+. The number of ketones is 1. The molecule has 0 bridgehead atoms. The van der Waals surface area contributed by atoms with Crippen LogP contribution in [0.2, 0.25) is 5.02 Å². The maximum absolute atomic E-state index is 13.4. The minimum Gasteiger partial charge on any atom is -0.507 e. The Kier molecular flexibility index (Phi) is 7.74. The smallest absolute Gasteiger partial charge is 0.295 e. The molecule has 1 unspecified atom stereocenters. The Labute approximate surface area is 221 Å². The average Bonchev–Trinajstić information content (AvgIpc) is 3.14. The topological polar surface area (TPSA) is 79.3 Å². The van der Waals surface area contributed by atoms with Crippen molar-refractivity contribution >= 4 is 34.7 Å². The minimum atomic E-state index is -0.825. The van der Waals surface area contributed by atoms with Crippen molar-refractivity contribution < 1.29 is 24.2 Å². The molecule has 37 heavy (non-hydrogen) atoms. The zero-order chi connectivity index (χ0) is 26.7. The summed E-state index contributed by atoms with van der Waals surface area (Å²) in [6.07, 6.45) is 0. The number of anilines is 1. The van der Waals surface area contributed by atoms with Gasteiger partial charge in [-0.2, -0.15) is 0 Å². The Hall–Kier alpha value is -3.97. The summed E-state index contributed by atoms with van der Waals surface area (Å²) < 4.78 is 10.9. The highest BCUT2D eigenvalue weighted by Crippen LogP contribution is 2.42. The molecule has 1 saturated heterocycles. The maximum atomic E-state index is 13.4. The lowest BCUT2D eigenvalue weighted by atomic mass is 9.94. The van der Waals surface area contributed by atoms with Gasteiger partial charge in [-0.05, 0) is 60.5 Å². The van der Waals surface area contributed by atoms with Crippen molar-refractivity contribution in [2.75, 3.05) is 32.7 Å². The molecule has 1 N–H and O–H groups in total. The average molecular weight is 521 g/mol. The van der Waals surface area contributed by atoms with Gasteiger partial charge in [-0.25, -0.2) is 0 Å². The van der Waals surface area contributed by atoms with Crippen LogP contribution in [0.3, 0.4) is 0 Å². The molecule has 0 aliphatic carbocycles. The monoisotopic (exact) mass is 520 g/mol. The molecule has 1 fully saturated rings. The second-order valence-corrected chi connectivity index (χ2v) is 9.25. The van der Waals surface area contributed by atoms with Gasteiger partial charge in [0.05, 0.1) is 30.4 Å². The lowest BCUT2D eigenvalue weighted by molar-refractivity contribution is -0.140. The second kappa shape index (κ2) is 11.0. The van der Waals surface area contributed by atoms with E-state index < -0.39 is 17.7 Å². The van der Waals surface area contributed by atoms with Crippen LogP contribution in [0.4, 0.5) is 5.69 Å². The van der Waals surface area contributed by atoms with Crippen molar-refractivity contribution in [1.82, 2.24) is 4.90 Å². The number of carbonyl (C=O) groups excluding carboxylic acids is 2. The van der Waals surface area contributed by atoms with Gasteiger partial charge in [0.15, 0.2) is 0 Å². The van der Waals surface area contributed by atoms with Crippen LogP contribution in [0.5, 0.6) is 11.5 Å². The predicted molar refractivity (Wildman–Crippen MR) is 144 cm³/mol. The van der Waals surface area contributed by atoms with Crippen LogP contribution in [0, 0.1) is 0 Å². The number of benzene rings is 3. The molecule has 1 aliphatic rings. The molecule has 1 heterocycles. The van der Waals surface area contributed by atoms with Gasteiger partial charge in [-0.3, -0.25) is 9.59 Å². The van der Waals surface area contributed by atoms with Gasteiger partial charge in [-0.15, -0.1) is 0 Å². The first-order valence-electron chi connectivity index (χ1n) is 11.9. The van der Waals surface area contributed by atoms with Crippen molar-refractivity contribution in [3.05, 3.63) is 94.0 Å². The largest absolute Gasteiger partial charge is 0.507 e. The van der Waals surface area contributed by atoms with Crippen LogP contribution >= 0.6 is 11.6 Å². The molecule has 0 saturated carbocycles. The number of hydrogen-bond donors (Lipinski definition) is 1.